The summed E-state index contributed by atoms with van der Waals surface area (Å²) in [6.45, 7) is 6.22. The Morgan fingerprint density at radius 2 is 2.14 bits per heavy atom. The van der Waals surface area contributed by atoms with Crippen LogP contribution < -0.4 is 5.69 Å². The van der Waals surface area contributed by atoms with Crippen LogP contribution >= 0.6 is 0 Å². The van der Waals surface area contributed by atoms with Gasteiger partial charge in [0.1, 0.15) is 5.65 Å². The Hall–Kier alpha value is -1.58. The molecule has 0 unspecified atom stereocenters. The van der Waals surface area contributed by atoms with E-state index in [1.807, 2.05) is 0 Å². The van der Waals surface area contributed by atoms with Crippen molar-refractivity contribution in [3.63, 3.8) is 0 Å². The average Bonchev–Trinajstić information content (AvgIpc) is 2.48. The van der Waals surface area contributed by atoms with Crippen LogP contribution in [0.2, 0.25) is 0 Å². The highest BCUT2D eigenvalue weighted by atomic mass is 16.1. The van der Waals surface area contributed by atoms with E-state index in [1.165, 1.54) is 4.40 Å². The Kier molecular flexibility index (Phi) is 1.74. The first-order valence-corrected chi connectivity index (χ1v) is 4.56. The van der Waals surface area contributed by atoms with Crippen molar-refractivity contribution in [3.8, 4) is 0 Å². The van der Waals surface area contributed by atoms with Crippen molar-refractivity contribution in [3.05, 3.63) is 34.6 Å². The molecule has 0 amide bonds. The molecule has 0 saturated heterocycles. The first kappa shape index (κ1) is 8.99. The van der Waals surface area contributed by atoms with E-state index in [0.717, 1.165) is 5.69 Å². The predicted octanol–water partition coefficient (Wildman–Crippen LogP) is 1.32. The Morgan fingerprint density at radius 1 is 1.43 bits per heavy atom. The van der Waals surface area contributed by atoms with Gasteiger partial charge in [-0.15, -0.1) is 0 Å². The molecule has 0 bridgehead atoms. The number of rotatable bonds is 0. The third-order valence-electron chi connectivity index (χ3n) is 2.16. The fourth-order valence-electron chi connectivity index (χ4n) is 1.29. The minimum Gasteiger partial charge on any atom is -0.314 e. The van der Waals surface area contributed by atoms with Gasteiger partial charge in [0.2, 0.25) is 0 Å². The molecule has 14 heavy (non-hydrogen) atoms. The van der Waals surface area contributed by atoms with Gasteiger partial charge >= 0.3 is 5.69 Å². The van der Waals surface area contributed by atoms with Gasteiger partial charge < -0.3 is 4.98 Å². The predicted molar refractivity (Wildman–Crippen MR) is 54.5 cm³/mol. The first-order valence-electron chi connectivity index (χ1n) is 4.56. The van der Waals surface area contributed by atoms with Crippen molar-refractivity contribution < 1.29 is 0 Å². The van der Waals surface area contributed by atoms with E-state index in [2.05, 4.69) is 30.7 Å². The number of hydrogen-bond acceptors (Lipinski definition) is 2. The SMILES string of the molecule is CC(C)(C)c1cn2c(=O)[nH]ccc2n1. The molecule has 1 N–H and O–H groups in total. The minimum absolute atomic E-state index is 0.0293. The highest BCUT2D eigenvalue weighted by molar-refractivity contribution is 5.39. The number of hydrogen-bond donors (Lipinski definition) is 1. The number of nitrogens with zero attached hydrogens (tertiary/aromatic N) is 2. The van der Waals surface area contributed by atoms with Gasteiger partial charge in [-0.05, 0) is 6.07 Å². The van der Waals surface area contributed by atoms with E-state index < -0.39 is 0 Å². The van der Waals surface area contributed by atoms with Crippen molar-refractivity contribution in [1.82, 2.24) is 14.4 Å². The summed E-state index contributed by atoms with van der Waals surface area (Å²) in [5.74, 6) is 0. The van der Waals surface area contributed by atoms with Gasteiger partial charge in [-0.25, -0.2) is 9.78 Å². The number of imidazole rings is 1. The van der Waals surface area contributed by atoms with Gasteiger partial charge in [0.25, 0.3) is 0 Å². The summed E-state index contributed by atoms with van der Waals surface area (Å²) in [4.78, 5) is 18.4. The highest BCUT2D eigenvalue weighted by Crippen LogP contribution is 2.20. The van der Waals surface area contributed by atoms with Crippen molar-refractivity contribution >= 4 is 5.65 Å². The Labute approximate surface area is 81.6 Å². The molecule has 0 aromatic carbocycles. The topological polar surface area (TPSA) is 50.2 Å². The van der Waals surface area contributed by atoms with Crippen molar-refractivity contribution in [2.24, 2.45) is 0 Å². The van der Waals surface area contributed by atoms with Gasteiger partial charge in [0.15, 0.2) is 0 Å². The van der Waals surface area contributed by atoms with Crippen LogP contribution in [-0.2, 0) is 5.41 Å². The summed E-state index contributed by atoms with van der Waals surface area (Å²) >= 11 is 0. The van der Waals surface area contributed by atoms with Crippen LogP contribution in [0.5, 0.6) is 0 Å². The zero-order valence-electron chi connectivity index (χ0n) is 8.53. The number of nitrogens with one attached hydrogen (secondary N) is 1. The number of H-pyrrole nitrogens is 1. The third-order valence-corrected chi connectivity index (χ3v) is 2.16. The summed E-state index contributed by atoms with van der Waals surface area (Å²) < 4.78 is 1.53. The van der Waals surface area contributed by atoms with Crippen LogP contribution in [0.25, 0.3) is 5.65 Å². The fraction of sp³-hybridized carbons (Fsp3) is 0.400. The Morgan fingerprint density at radius 3 is 2.71 bits per heavy atom. The molecule has 74 valence electrons. The molecular weight excluding hydrogens is 178 g/mol. The third kappa shape index (κ3) is 1.32. The second-order valence-corrected chi connectivity index (χ2v) is 4.39. The number of fused-ring (bicyclic) bond motifs is 1. The summed E-state index contributed by atoms with van der Waals surface area (Å²) in [6, 6.07) is 1.79. The Balaban J connectivity index is 2.75. The summed E-state index contributed by atoms with van der Waals surface area (Å²) in [5, 5.41) is 0. The van der Waals surface area contributed by atoms with Crippen LogP contribution in [0.15, 0.2) is 23.3 Å². The average molecular weight is 191 g/mol. The number of aromatic amines is 1. The first-order chi connectivity index (χ1) is 6.48. The smallest absolute Gasteiger partial charge is 0.314 e. The zero-order chi connectivity index (χ0) is 10.3. The second kappa shape index (κ2) is 2.70. The van der Waals surface area contributed by atoms with Gasteiger partial charge in [0, 0.05) is 17.8 Å². The van der Waals surface area contributed by atoms with Crippen LogP contribution in [-0.4, -0.2) is 14.4 Å². The van der Waals surface area contributed by atoms with Crippen LogP contribution in [0.4, 0.5) is 0 Å². The maximum absolute atomic E-state index is 11.4. The van der Waals surface area contributed by atoms with Gasteiger partial charge in [-0.2, -0.15) is 0 Å². The molecule has 0 saturated carbocycles. The zero-order valence-corrected chi connectivity index (χ0v) is 8.53. The van der Waals surface area contributed by atoms with E-state index in [0.29, 0.717) is 5.65 Å². The van der Waals surface area contributed by atoms with Gasteiger partial charge in [0.05, 0.1) is 5.69 Å². The van der Waals surface area contributed by atoms with Crippen molar-refractivity contribution in [2.75, 3.05) is 0 Å². The molecule has 2 heterocycles. The van der Waals surface area contributed by atoms with Gasteiger partial charge in [-0.3, -0.25) is 4.40 Å². The lowest BCUT2D eigenvalue weighted by Crippen LogP contribution is -2.14. The molecular formula is C10H13N3O. The van der Waals surface area contributed by atoms with E-state index in [4.69, 9.17) is 0 Å². The molecule has 0 spiro atoms. The Bertz CT molecular complexity index is 516. The van der Waals surface area contributed by atoms with E-state index in [-0.39, 0.29) is 11.1 Å². The van der Waals surface area contributed by atoms with Crippen LogP contribution in [0, 0.1) is 0 Å². The lowest BCUT2D eigenvalue weighted by Gasteiger charge is -2.13. The molecule has 0 aliphatic heterocycles. The number of aromatic nitrogens is 3. The molecule has 2 rings (SSSR count). The summed E-state index contributed by atoms with van der Waals surface area (Å²) in [5.41, 5.74) is 1.44. The normalized spacial score (nSPS) is 12.2. The lowest BCUT2D eigenvalue weighted by atomic mass is 9.93. The standard InChI is InChI=1S/C10H13N3O/c1-10(2,3)7-6-13-8(12-7)4-5-11-9(13)14/h4-6H,1-3H3,(H,11,14). The van der Waals surface area contributed by atoms with Crippen LogP contribution in [0.1, 0.15) is 26.5 Å². The summed E-state index contributed by atoms with van der Waals surface area (Å²) in [7, 11) is 0. The molecule has 2 aromatic rings. The van der Waals surface area contributed by atoms with E-state index >= 15 is 0 Å². The molecule has 2 aromatic heterocycles. The van der Waals surface area contributed by atoms with Crippen LogP contribution in [0.3, 0.4) is 0 Å². The van der Waals surface area contributed by atoms with Crippen molar-refractivity contribution in [1.29, 1.82) is 0 Å². The van der Waals surface area contributed by atoms with E-state index in [1.54, 1.807) is 18.5 Å². The molecule has 4 heteroatoms. The fourth-order valence-corrected chi connectivity index (χ4v) is 1.29. The molecule has 0 atom stereocenters. The minimum atomic E-state index is -0.148. The second-order valence-electron chi connectivity index (χ2n) is 4.39. The van der Waals surface area contributed by atoms with Gasteiger partial charge in [-0.1, -0.05) is 20.8 Å². The maximum Gasteiger partial charge on any atom is 0.331 e. The monoisotopic (exact) mass is 191 g/mol. The molecule has 0 aliphatic rings. The maximum atomic E-state index is 11.4. The summed E-state index contributed by atoms with van der Waals surface area (Å²) in [6.07, 6.45) is 3.39. The molecule has 0 radical (unpaired) electrons. The quantitative estimate of drug-likeness (QED) is 0.682. The molecule has 4 nitrogen and oxygen atoms in total. The lowest BCUT2D eigenvalue weighted by molar-refractivity contribution is 0.573. The van der Waals surface area contributed by atoms with E-state index in [9.17, 15) is 4.79 Å². The molecule has 0 aliphatic carbocycles. The molecule has 0 fully saturated rings. The highest BCUT2D eigenvalue weighted by Gasteiger charge is 2.17. The largest absolute Gasteiger partial charge is 0.331 e. The van der Waals surface area contributed by atoms with Crippen molar-refractivity contribution in [2.45, 2.75) is 26.2 Å².